The van der Waals surface area contributed by atoms with E-state index in [9.17, 15) is 9.90 Å². The second-order valence-corrected chi connectivity index (χ2v) is 6.36. The van der Waals surface area contributed by atoms with Crippen molar-refractivity contribution in [3.8, 4) is 5.75 Å². The standard InChI is InChI=1S/C19H24N2O2/c1-20-12-5-9-18(20)19(23)21-13-3-2-7-16(21)11-10-15-6-4-8-17(22)14-15/h4-6,8-9,12,14,16,22H,2-3,7,10-11,13H2,1H3/t16-/m1/s1. The Morgan fingerprint density at radius 1 is 1.26 bits per heavy atom. The summed E-state index contributed by atoms with van der Waals surface area (Å²) in [4.78, 5) is 14.9. The number of aromatic hydroxyl groups is 1. The molecule has 0 radical (unpaired) electrons. The van der Waals surface area contributed by atoms with Crippen LogP contribution in [0.25, 0.3) is 0 Å². The van der Waals surface area contributed by atoms with Crippen LogP contribution in [0.15, 0.2) is 42.6 Å². The molecule has 0 bridgehead atoms. The van der Waals surface area contributed by atoms with Gasteiger partial charge in [-0.1, -0.05) is 12.1 Å². The highest BCUT2D eigenvalue weighted by Gasteiger charge is 2.28. The van der Waals surface area contributed by atoms with Crippen LogP contribution in [-0.2, 0) is 13.5 Å². The van der Waals surface area contributed by atoms with Crippen LogP contribution in [0.4, 0.5) is 0 Å². The third kappa shape index (κ3) is 3.58. The Labute approximate surface area is 137 Å². The van der Waals surface area contributed by atoms with Crippen molar-refractivity contribution in [1.82, 2.24) is 9.47 Å². The maximum atomic E-state index is 12.8. The number of carbonyl (C=O) groups excluding carboxylic acids is 1. The van der Waals surface area contributed by atoms with Crippen LogP contribution >= 0.6 is 0 Å². The first-order valence-electron chi connectivity index (χ1n) is 8.35. The molecule has 1 aromatic carbocycles. The number of benzene rings is 1. The lowest BCUT2D eigenvalue weighted by molar-refractivity contribution is 0.0592. The van der Waals surface area contributed by atoms with Gasteiger partial charge in [-0.15, -0.1) is 0 Å². The number of rotatable bonds is 4. The van der Waals surface area contributed by atoms with E-state index in [1.165, 1.54) is 6.42 Å². The van der Waals surface area contributed by atoms with Gasteiger partial charge in [-0.3, -0.25) is 4.79 Å². The van der Waals surface area contributed by atoms with Crippen molar-refractivity contribution in [2.24, 2.45) is 7.05 Å². The Balaban J connectivity index is 1.69. The number of hydrogen-bond acceptors (Lipinski definition) is 2. The second-order valence-electron chi connectivity index (χ2n) is 6.36. The maximum Gasteiger partial charge on any atom is 0.270 e. The Morgan fingerprint density at radius 2 is 2.13 bits per heavy atom. The molecule has 3 rings (SSSR count). The predicted octanol–water partition coefficient (Wildman–Crippen LogP) is 3.36. The van der Waals surface area contributed by atoms with E-state index in [4.69, 9.17) is 0 Å². The van der Waals surface area contributed by atoms with E-state index in [0.717, 1.165) is 43.5 Å². The van der Waals surface area contributed by atoms with Gasteiger partial charge in [0.15, 0.2) is 0 Å². The number of likely N-dealkylation sites (tertiary alicyclic amines) is 1. The molecule has 1 aliphatic rings. The van der Waals surface area contributed by atoms with Crippen LogP contribution in [0.2, 0.25) is 0 Å². The molecule has 1 N–H and O–H groups in total. The Morgan fingerprint density at radius 3 is 2.87 bits per heavy atom. The minimum absolute atomic E-state index is 0.137. The normalized spacial score (nSPS) is 18.1. The van der Waals surface area contributed by atoms with Gasteiger partial charge in [0.2, 0.25) is 0 Å². The van der Waals surface area contributed by atoms with Gasteiger partial charge in [0, 0.05) is 25.8 Å². The molecule has 1 amide bonds. The fourth-order valence-corrected chi connectivity index (χ4v) is 3.44. The van der Waals surface area contributed by atoms with E-state index in [-0.39, 0.29) is 11.9 Å². The van der Waals surface area contributed by atoms with Crippen LogP contribution in [0, 0.1) is 0 Å². The molecule has 0 aliphatic carbocycles. The van der Waals surface area contributed by atoms with Crippen LogP contribution in [-0.4, -0.2) is 33.1 Å². The summed E-state index contributed by atoms with van der Waals surface area (Å²) in [5.74, 6) is 0.445. The van der Waals surface area contributed by atoms with Crippen molar-refractivity contribution < 1.29 is 9.90 Å². The third-order valence-electron chi connectivity index (χ3n) is 4.73. The molecule has 23 heavy (non-hydrogen) atoms. The first-order chi connectivity index (χ1) is 11.1. The van der Waals surface area contributed by atoms with Gasteiger partial charge in [-0.05, 0) is 61.9 Å². The summed E-state index contributed by atoms with van der Waals surface area (Å²) in [5, 5.41) is 9.58. The molecule has 1 atom stereocenters. The number of carbonyl (C=O) groups is 1. The van der Waals surface area contributed by atoms with E-state index in [1.54, 1.807) is 6.07 Å². The van der Waals surface area contributed by atoms with Crippen molar-refractivity contribution in [3.05, 3.63) is 53.9 Å². The number of phenolic OH excluding ortho intramolecular Hbond substituents is 1. The summed E-state index contributed by atoms with van der Waals surface area (Å²) in [6, 6.07) is 11.5. The molecule has 1 fully saturated rings. The molecule has 1 aromatic heterocycles. The van der Waals surface area contributed by atoms with Crippen molar-refractivity contribution in [3.63, 3.8) is 0 Å². The number of aryl methyl sites for hydroxylation is 2. The van der Waals surface area contributed by atoms with Gasteiger partial charge >= 0.3 is 0 Å². The van der Waals surface area contributed by atoms with Gasteiger partial charge < -0.3 is 14.6 Å². The SMILES string of the molecule is Cn1cccc1C(=O)N1CCCC[C@@H]1CCc1cccc(O)c1. The molecule has 0 spiro atoms. The van der Waals surface area contributed by atoms with Crippen molar-refractivity contribution >= 4 is 5.91 Å². The summed E-state index contributed by atoms with van der Waals surface area (Å²) >= 11 is 0. The molecule has 4 nitrogen and oxygen atoms in total. The van der Waals surface area contributed by atoms with E-state index >= 15 is 0 Å². The molecule has 1 saturated heterocycles. The average Bonchev–Trinajstić information content (AvgIpc) is 2.99. The van der Waals surface area contributed by atoms with Gasteiger partial charge in [0.1, 0.15) is 11.4 Å². The molecule has 2 heterocycles. The van der Waals surface area contributed by atoms with E-state index < -0.39 is 0 Å². The number of hydrogen-bond donors (Lipinski definition) is 1. The van der Waals surface area contributed by atoms with Crippen molar-refractivity contribution in [2.75, 3.05) is 6.54 Å². The number of amides is 1. The van der Waals surface area contributed by atoms with Crippen LogP contribution in [0.3, 0.4) is 0 Å². The zero-order valence-corrected chi connectivity index (χ0v) is 13.6. The fraction of sp³-hybridized carbons (Fsp3) is 0.421. The fourth-order valence-electron chi connectivity index (χ4n) is 3.44. The molecule has 2 aromatic rings. The zero-order chi connectivity index (χ0) is 16.2. The highest BCUT2D eigenvalue weighted by atomic mass is 16.3. The van der Waals surface area contributed by atoms with Crippen LogP contribution in [0.1, 0.15) is 41.7 Å². The van der Waals surface area contributed by atoms with Crippen LogP contribution < -0.4 is 0 Å². The number of phenols is 1. The molecular formula is C19H24N2O2. The first kappa shape index (κ1) is 15.7. The van der Waals surface area contributed by atoms with Gasteiger partial charge in [0.05, 0.1) is 0 Å². The third-order valence-corrected chi connectivity index (χ3v) is 4.73. The summed E-state index contributed by atoms with van der Waals surface area (Å²) in [6.07, 6.45) is 7.07. The molecule has 0 unspecified atom stereocenters. The highest BCUT2D eigenvalue weighted by molar-refractivity contribution is 5.93. The zero-order valence-electron chi connectivity index (χ0n) is 13.6. The maximum absolute atomic E-state index is 12.8. The first-order valence-corrected chi connectivity index (χ1v) is 8.35. The lowest BCUT2D eigenvalue weighted by Crippen LogP contribution is -2.44. The average molecular weight is 312 g/mol. The quantitative estimate of drug-likeness (QED) is 0.941. The second kappa shape index (κ2) is 6.90. The van der Waals surface area contributed by atoms with Gasteiger partial charge in [-0.2, -0.15) is 0 Å². The van der Waals surface area contributed by atoms with Crippen molar-refractivity contribution in [2.45, 2.75) is 38.1 Å². The Hall–Kier alpha value is -2.23. The Bertz CT molecular complexity index is 678. The number of aromatic nitrogens is 1. The largest absolute Gasteiger partial charge is 0.508 e. The van der Waals surface area contributed by atoms with E-state index in [2.05, 4.69) is 0 Å². The smallest absolute Gasteiger partial charge is 0.270 e. The molecule has 1 aliphatic heterocycles. The lowest BCUT2D eigenvalue weighted by Gasteiger charge is -2.36. The molecule has 122 valence electrons. The van der Waals surface area contributed by atoms with E-state index in [1.807, 2.05) is 53.0 Å². The van der Waals surface area contributed by atoms with Crippen LogP contribution in [0.5, 0.6) is 5.75 Å². The topological polar surface area (TPSA) is 45.5 Å². The van der Waals surface area contributed by atoms with Gasteiger partial charge in [0.25, 0.3) is 5.91 Å². The number of piperidine rings is 1. The number of nitrogens with zero attached hydrogens (tertiary/aromatic N) is 2. The monoisotopic (exact) mass is 312 g/mol. The van der Waals surface area contributed by atoms with Gasteiger partial charge in [-0.25, -0.2) is 0 Å². The molecule has 4 heteroatoms. The van der Waals surface area contributed by atoms with Crippen molar-refractivity contribution in [1.29, 1.82) is 0 Å². The Kier molecular flexibility index (Phi) is 4.70. The summed E-state index contributed by atoms with van der Waals surface area (Å²) < 4.78 is 1.89. The summed E-state index contributed by atoms with van der Waals surface area (Å²) in [6.45, 7) is 0.842. The summed E-state index contributed by atoms with van der Waals surface area (Å²) in [7, 11) is 1.92. The molecular weight excluding hydrogens is 288 g/mol. The predicted molar refractivity (Wildman–Crippen MR) is 90.5 cm³/mol. The molecule has 0 saturated carbocycles. The highest BCUT2D eigenvalue weighted by Crippen LogP contribution is 2.24. The lowest BCUT2D eigenvalue weighted by atomic mass is 9.95. The summed E-state index contributed by atoms with van der Waals surface area (Å²) in [5.41, 5.74) is 1.89. The minimum atomic E-state index is 0.137. The minimum Gasteiger partial charge on any atom is -0.508 e. The van der Waals surface area contributed by atoms with E-state index in [0.29, 0.717) is 5.75 Å².